The van der Waals surface area contributed by atoms with Crippen molar-refractivity contribution in [2.75, 3.05) is 0 Å². The van der Waals surface area contributed by atoms with Crippen LogP contribution < -0.4 is 5.32 Å². The Bertz CT molecular complexity index is 280. The van der Waals surface area contributed by atoms with Crippen LogP contribution in [0, 0.1) is 11.8 Å². The SMILES string of the molecule is CC.CCC.CCCC(CC)C(O)NC(C)C.CCCC(Cl)CCC1CCCC1. The third-order valence-electron chi connectivity index (χ3n) is 5.10. The normalized spacial score (nSPS) is 16.6. The second kappa shape index (κ2) is 26.2. The van der Waals surface area contributed by atoms with E-state index in [-0.39, 0.29) is 6.23 Å². The molecule has 0 bridgehead atoms. The van der Waals surface area contributed by atoms with Crippen LogP contribution >= 0.6 is 11.6 Å². The molecule has 0 radical (unpaired) electrons. The Morgan fingerprint density at radius 3 is 1.76 bits per heavy atom. The fourth-order valence-corrected chi connectivity index (χ4v) is 3.95. The van der Waals surface area contributed by atoms with Crippen LogP contribution in [0.15, 0.2) is 0 Å². The van der Waals surface area contributed by atoms with E-state index in [1.165, 1.54) is 57.8 Å². The number of alkyl halides is 1. The molecule has 2 N–H and O–H groups in total. The van der Waals surface area contributed by atoms with E-state index < -0.39 is 0 Å². The number of aliphatic hydroxyl groups is 1. The lowest BCUT2D eigenvalue weighted by molar-refractivity contribution is 0.0600. The molecule has 0 aliphatic heterocycles. The maximum Gasteiger partial charge on any atom is 0.107 e. The van der Waals surface area contributed by atoms with Crippen LogP contribution in [0.25, 0.3) is 0 Å². The molecule has 0 aromatic carbocycles. The molecule has 0 spiro atoms. The van der Waals surface area contributed by atoms with Crippen molar-refractivity contribution in [1.82, 2.24) is 5.32 Å². The molecule has 1 aliphatic carbocycles. The summed E-state index contributed by atoms with van der Waals surface area (Å²) in [6, 6.07) is 0.367. The van der Waals surface area contributed by atoms with Gasteiger partial charge in [0.25, 0.3) is 0 Å². The van der Waals surface area contributed by atoms with E-state index in [1.807, 2.05) is 13.8 Å². The van der Waals surface area contributed by atoms with Crippen molar-refractivity contribution in [2.45, 2.75) is 157 Å². The molecule has 1 saturated carbocycles. The Labute approximate surface area is 191 Å². The minimum Gasteiger partial charge on any atom is -0.378 e. The third kappa shape index (κ3) is 24.4. The summed E-state index contributed by atoms with van der Waals surface area (Å²) in [5.74, 6) is 1.43. The van der Waals surface area contributed by atoms with Gasteiger partial charge in [0.1, 0.15) is 6.23 Å². The van der Waals surface area contributed by atoms with Crippen molar-refractivity contribution in [1.29, 1.82) is 0 Å². The molecule has 0 saturated heterocycles. The third-order valence-corrected chi connectivity index (χ3v) is 5.54. The van der Waals surface area contributed by atoms with E-state index in [1.54, 1.807) is 0 Å². The summed E-state index contributed by atoms with van der Waals surface area (Å²) in [4.78, 5) is 0. The monoisotopic (exact) mass is 435 g/mol. The Balaban J connectivity index is -0.000000381. The van der Waals surface area contributed by atoms with Crippen LogP contribution in [0.3, 0.4) is 0 Å². The van der Waals surface area contributed by atoms with Gasteiger partial charge in [0.2, 0.25) is 0 Å². The van der Waals surface area contributed by atoms with E-state index in [4.69, 9.17) is 11.6 Å². The number of hydrogen-bond acceptors (Lipinski definition) is 2. The summed E-state index contributed by atoms with van der Waals surface area (Å²) in [6.45, 7) is 18.9. The van der Waals surface area contributed by atoms with Crippen molar-refractivity contribution in [3.8, 4) is 0 Å². The van der Waals surface area contributed by atoms with Crippen molar-refractivity contribution in [3.05, 3.63) is 0 Å². The minimum absolute atomic E-state index is 0.324. The van der Waals surface area contributed by atoms with Gasteiger partial charge in [-0.25, -0.2) is 0 Å². The zero-order valence-electron chi connectivity index (χ0n) is 21.7. The quantitative estimate of drug-likeness (QED) is 0.250. The molecular weight excluding hydrogens is 378 g/mol. The van der Waals surface area contributed by atoms with Gasteiger partial charge in [-0.3, -0.25) is 5.32 Å². The zero-order chi connectivity index (χ0) is 23.1. The Hall–Kier alpha value is 0.210. The van der Waals surface area contributed by atoms with E-state index in [9.17, 15) is 5.11 Å². The molecule has 1 aliphatic rings. The minimum atomic E-state index is -0.324. The first kappa shape index (κ1) is 33.8. The van der Waals surface area contributed by atoms with Crippen molar-refractivity contribution in [2.24, 2.45) is 11.8 Å². The number of aliphatic hydroxyl groups excluding tert-OH is 1. The standard InChI is InChI=1S/C11H21Cl.C10H23NO.C3H8.C2H6/c1-2-5-11(12)9-8-10-6-3-4-7-10;1-5-7-9(6-2)10(12)11-8(3)4;1-3-2;1-2/h10-11H,2-9H2,1H3;8-12H,5-7H2,1-4H3;3H2,1-2H3;1-2H3. The lowest BCUT2D eigenvalue weighted by atomic mass is 9.98. The van der Waals surface area contributed by atoms with Crippen LogP contribution in [-0.4, -0.2) is 22.8 Å². The van der Waals surface area contributed by atoms with Gasteiger partial charge in [-0.05, 0) is 57.8 Å². The first-order valence-electron chi connectivity index (χ1n) is 12.9. The number of nitrogens with one attached hydrogen (secondary N) is 1. The molecule has 2 nitrogen and oxygen atoms in total. The lowest BCUT2D eigenvalue weighted by Gasteiger charge is -2.24. The molecule has 1 rings (SSSR count). The molecule has 0 heterocycles. The maximum absolute atomic E-state index is 9.70. The fraction of sp³-hybridized carbons (Fsp3) is 1.00. The summed E-state index contributed by atoms with van der Waals surface area (Å²) >= 11 is 6.16. The van der Waals surface area contributed by atoms with Crippen LogP contribution in [0.4, 0.5) is 0 Å². The predicted octanol–water partition coefficient (Wildman–Crippen LogP) is 8.94. The number of hydrogen-bond donors (Lipinski definition) is 2. The van der Waals surface area contributed by atoms with Gasteiger partial charge in [-0.2, -0.15) is 0 Å². The summed E-state index contributed by atoms with van der Waals surface area (Å²) in [5, 5.41) is 13.3. The molecule has 180 valence electrons. The van der Waals surface area contributed by atoms with Crippen LogP contribution in [0.2, 0.25) is 0 Å². The van der Waals surface area contributed by atoms with Crippen molar-refractivity contribution < 1.29 is 5.11 Å². The predicted molar refractivity (Wildman–Crippen MR) is 136 cm³/mol. The topological polar surface area (TPSA) is 32.3 Å². The number of rotatable bonds is 11. The highest BCUT2D eigenvalue weighted by molar-refractivity contribution is 6.20. The van der Waals surface area contributed by atoms with E-state index in [2.05, 4.69) is 53.8 Å². The van der Waals surface area contributed by atoms with Crippen molar-refractivity contribution in [3.63, 3.8) is 0 Å². The molecule has 3 heteroatoms. The smallest absolute Gasteiger partial charge is 0.107 e. The Morgan fingerprint density at radius 2 is 1.38 bits per heavy atom. The highest BCUT2D eigenvalue weighted by atomic mass is 35.5. The van der Waals surface area contributed by atoms with Gasteiger partial charge in [0.15, 0.2) is 0 Å². The van der Waals surface area contributed by atoms with Gasteiger partial charge >= 0.3 is 0 Å². The zero-order valence-corrected chi connectivity index (χ0v) is 22.5. The van der Waals surface area contributed by atoms with E-state index in [0.29, 0.717) is 17.3 Å². The summed E-state index contributed by atoms with van der Waals surface area (Å²) in [6.07, 6.45) is 15.2. The molecule has 3 atom stereocenters. The number of halogens is 1. The molecule has 0 aromatic rings. The first-order valence-corrected chi connectivity index (χ1v) is 13.4. The summed E-state index contributed by atoms with van der Waals surface area (Å²) < 4.78 is 0. The molecule has 3 unspecified atom stereocenters. The average molecular weight is 436 g/mol. The molecule has 0 amide bonds. The van der Waals surface area contributed by atoms with E-state index >= 15 is 0 Å². The first-order chi connectivity index (χ1) is 13.9. The maximum atomic E-state index is 9.70. The second-order valence-corrected chi connectivity index (χ2v) is 9.16. The largest absolute Gasteiger partial charge is 0.378 e. The van der Waals surface area contributed by atoms with Crippen LogP contribution in [0.5, 0.6) is 0 Å². The molecule has 1 fully saturated rings. The van der Waals surface area contributed by atoms with Crippen molar-refractivity contribution >= 4 is 11.6 Å². The van der Waals surface area contributed by atoms with Crippen LogP contribution in [-0.2, 0) is 0 Å². The lowest BCUT2D eigenvalue weighted by Crippen LogP contribution is -2.40. The Morgan fingerprint density at radius 1 is 0.897 bits per heavy atom. The van der Waals surface area contributed by atoms with Gasteiger partial charge < -0.3 is 5.11 Å². The molecular formula is C26H58ClNO. The molecule has 0 aromatic heterocycles. The average Bonchev–Trinajstić information content (AvgIpc) is 3.20. The van der Waals surface area contributed by atoms with Gasteiger partial charge in [0, 0.05) is 11.4 Å². The highest BCUT2D eigenvalue weighted by Gasteiger charge is 2.16. The van der Waals surface area contributed by atoms with Crippen LogP contribution in [0.1, 0.15) is 139 Å². The summed E-state index contributed by atoms with van der Waals surface area (Å²) in [7, 11) is 0. The van der Waals surface area contributed by atoms with Gasteiger partial charge in [0.05, 0.1) is 0 Å². The Kier molecular flexibility index (Phi) is 30.6. The van der Waals surface area contributed by atoms with Gasteiger partial charge in [-0.1, -0.05) is 93.4 Å². The highest BCUT2D eigenvalue weighted by Crippen LogP contribution is 2.30. The fourth-order valence-electron chi connectivity index (χ4n) is 3.61. The summed E-state index contributed by atoms with van der Waals surface area (Å²) in [5.41, 5.74) is 0. The molecule has 29 heavy (non-hydrogen) atoms. The van der Waals surface area contributed by atoms with Gasteiger partial charge in [-0.15, -0.1) is 11.6 Å². The van der Waals surface area contributed by atoms with E-state index in [0.717, 1.165) is 25.2 Å². The second-order valence-electron chi connectivity index (χ2n) is 8.54.